The summed E-state index contributed by atoms with van der Waals surface area (Å²) in [5, 5.41) is 6.97. The third-order valence-electron chi connectivity index (χ3n) is 3.36. The van der Waals surface area contributed by atoms with E-state index >= 15 is 0 Å². The molecule has 2 amide bonds. The predicted octanol–water partition coefficient (Wildman–Crippen LogP) is 0.263. The number of carbonyl (C=O) groups excluding carboxylic acids is 2. The molecule has 6 heteroatoms. The van der Waals surface area contributed by atoms with Gasteiger partial charge in [-0.1, -0.05) is 11.8 Å². The molecule has 1 saturated heterocycles. The summed E-state index contributed by atoms with van der Waals surface area (Å²) in [7, 11) is 0. The highest BCUT2D eigenvalue weighted by Gasteiger charge is 2.36. The van der Waals surface area contributed by atoms with Crippen LogP contribution in [0.25, 0.3) is 0 Å². The Labute approximate surface area is 104 Å². The van der Waals surface area contributed by atoms with E-state index in [1.807, 2.05) is 0 Å². The molecule has 2 fully saturated rings. The van der Waals surface area contributed by atoms with Crippen molar-refractivity contribution >= 4 is 28.7 Å². The van der Waals surface area contributed by atoms with Crippen LogP contribution < -0.4 is 10.6 Å². The van der Waals surface area contributed by atoms with Gasteiger partial charge in [-0.05, 0) is 25.2 Å². The van der Waals surface area contributed by atoms with Crippen LogP contribution in [0.1, 0.15) is 25.7 Å². The molecule has 0 spiro atoms. The Morgan fingerprint density at radius 1 is 1.29 bits per heavy atom. The molecule has 0 aromatic heterocycles. The maximum atomic E-state index is 11.6. The summed E-state index contributed by atoms with van der Waals surface area (Å²) in [5.74, 6) is 0.425. The van der Waals surface area contributed by atoms with E-state index in [-0.39, 0.29) is 17.9 Å². The number of thioether (sulfide) groups is 1. The fourth-order valence-corrected chi connectivity index (χ4v) is 3.42. The zero-order valence-corrected chi connectivity index (χ0v) is 10.3. The van der Waals surface area contributed by atoms with Gasteiger partial charge in [0.15, 0.2) is 5.17 Å². The number of aliphatic imine (C=N–C) groups is 1. The van der Waals surface area contributed by atoms with Crippen LogP contribution in [0.5, 0.6) is 0 Å². The number of hydrogen-bond acceptors (Lipinski definition) is 5. The Balaban J connectivity index is 1.53. The fourth-order valence-electron chi connectivity index (χ4n) is 2.16. The standard InChI is InChI=1S/C11H15N3O2S/c15-9-4-3-7(10(16)14-9)13-11-12-5-8(17-11)6-1-2-6/h6-8H,1-5H2,(H,12,13)(H,14,15,16). The van der Waals surface area contributed by atoms with E-state index in [1.165, 1.54) is 12.8 Å². The summed E-state index contributed by atoms with van der Waals surface area (Å²) in [5.41, 5.74) is 0. The molecule has 0 bridgehead atoms. The molecule has 0 aromatic carbocycles. The maximum Gasteiger partial charge on any atom is 0.249 e. The highest BCUT2D eigenvalue weighted by atomic mass is 32.2. The van der Waals surface area contributed by atoms with Crippen molar-refractivity contribution in [3.8, 4) is 0 Å². The first-order chi connectivity index (χ1) is 8.22. The van der Waals surface area contributed by atoms with E-state index in [0.29, 0.717) is 18.1 Å². The van der Waals surface area contributed by atoms with Crippen molar-refractivity contribution in [2.45, 2.75) is 37.0 Å². The maximum absolute atomic E-state index is 11.6. The fraction of sp³-hybridized carbons (Fsp3) is 0.727. The summed E-state index contributed by atoms with van der Waals surface area (Å²) in [6, 6.07) is -0.295. The molecule has 1 saturated carbocycles. The minimum Gasteiger partial charge on any atom is -0.353 e. The van der Waals surface area contributed by atoms with Gasteiger partial charge in [-0.15, -0.1) is 0 Å². The highest BCUT2D eigenvalue weighted by Crippen LogP contribution is 2.41. The third-order valence-corrected chi connectivity index (χ3v) is 4.67. The lowest BCUT2D eigenvalue weighted by Gasteiger charge is -2.22. The Kier molecular flexibility index (Phi) is 2.82. The number of imide groups is 1. The normalized spacial score (nSPS) is 33.3. The van der Waals surface area contributed by atoms with Gasteiger partial charge in [0.25, 0.3) is 0 Å². The van der Waals surface area contributed by atoms with E-state index in [2.05, 4.69) is 15.6 Å². The smallest absolute Gasteiger partial charge is 0.249 e. The number of nitrogens with one attached hydrogen (secondary N) is 2. The van der Waals surface area contributed by atoms with Crippen molar-refractivity contribution in [3.05, 3.63) is 0 Å². The SMILES string of the molecule is O=C1CCC(NC2=NCC(C3CC3)S2)C(=O)N1. The zero-order chi connectivity index (χ0) is 11.8. The second kappa shape index (κ2) is 4.33. The Hall–Kier alpha value is -1.04. The molecule has 2 unspecified atom stereocenters. The first kappa shape index (κ1) is 11.1. The molecule has 92 valence electrons. The van der Waals surface area contributed by atoms with Crippen molar-refractivity contribution < 1.29 is 9.59 Å². The van der Waals surface area contributed by atoms with Gasteiger partial charge in [0.1, 0.15) is 6.04 Å². The molecular formula is C11H15N3O2S. The summed E-state index contributed by atoms with van der Waals surface area (Å²) in [6.07, 6.45) is 3.61. The number of rotatable bonds is 2. The monoisotopic (exact) mass is 253 g/mol. The minimum absolute atomic E-state index is 0.176. The van der Waals surface area contributed by atoms with Crippen LogP contribution in [0.15, 0.2) is 4.99 Å². The largest absolute Gasteiger partial charge is 0.353 e. The molecule has 17 heavy (non-hydrogen) atoms. The molecular weight excluding hydrogens is 238 g/mol. The van der Waals surface area contributed by atoms with E-state index in [0.717, 1.165) is 17.6 Å². The Morgan fingerprint density at radius 3 is 2.82 bits per heavy atom. The van der Waals surface area contributed by atoms with Crippen LogP contribution in [0.4, 0.5) is 0 Å². The van der Waals surface area contributed by atoms with Gasteiger partial charge in [-0.3, -0.25) is 19.9 Å². The average Bonchev–Trinajstić information content (AvgIpc) is 3.04. The van der Waals surface area contributed by atoms with Gasteiger partial charge >= 0.3 is 0 Å². The molecule has 1 aliphatic carbocycles. The van der Waals surface area contributed by atoms with Crippen molar-refractivity contribution in [2.24, 2.45) is 10.9 Å². The van der Waals surface area contributed by atoms with E-state index in [1.54, 1.807) is 11.8 Å². The topological polar surface area (TPSA) is 70.6 Å². The quantitative estimate of drug-likeness (QED) is 0.693. The summed E-state index contributed by atoms with van der Waals surface area (Å²) >= 11 is 1.75. The molecule has 3 aliphatic rings. The van der Waals surface area contributed by atoms with Crippen LogP contribution in [0.2, 0.25) is 0 Å². The van der Waals surface area contributed by atoms with Crippen LogP contribution in [-0.4, -0.2) is 34.8 Å². The Bertz CT molecular complexity index is 392. The number of carbonyl (C=O) groups is 2. The van der Waals surface area contributed by atoms with Crippen molar-refractivity contribution in [1.82, 2.24) is 10.6 Å². The molecule has 2 atom stereocenters. The molecule has 0 aromatic rings. The molecule has 2 N–H and O–H groups in total. The molecule has 2 aliphatic heterocycles. The number of nitrogens with zero attached hydrogens (tertiary/aromatic N) is 1. The van der Waals surface area contributed by atoms with Gasteiger partial charge in [0, 0.05) is 11.7 Å². The van der Waals surface area contributed by atoms with E-state index in [9.17, 15) is 9.59 Å². The van der Waals surface area contributed by atoms with Gasteiger partial charge in [0.2, 0.25) is 11.8 Å². The summed E-state index contributed by atoms with van der Waals surface area (Å²) < 4.78 is 0. The van der Waals surface area contributed by atoms with Crippen molar-refractivity contribution in [2.75, 3.05) is 6.54 Å². The first-order valence-electron chi connectivity index (χ1n) is 6.04. The second-order valence-electron chi connectivity index (χ2n) is 4.79. The van der Waals surface area contributed by atoms with E-state index in [4.69, 9.17) is 0 Å². The third kappa shape index (κ3) is 2.46. The number of hydrogen-bond donors (Lipinski definition) is 2. The zero-order valence-electron chi connectivity index (χ0n) is 9.44. The van der Waals surface area contributed by atoms with E-state index < -0.39 is 0 Å². The molecule has 2 heterocycles. The van der Waals surface area contributed by atoms with Gasteiger partial charge in [0.05, 0.1) is 6.54 Å². The van der Waals surface area contributed by atoms with Crippen molar-refractivity contribution in [3.63, 3.8) is 0 Å². The Morgan fingerprint density at radius 2 is 2.12 bits per heavy atom. The van der Waals surface area contributed by atoms with Gasteiger partial charge < -0.3 is 5.32 Å². The minimum atomic E-state index is -0.295. The second-order valence-corrected chi connectivity index (χ2v) is 6.02. The van der Waals surface area contributed by atoms with Crippen LogP contribution >= 0.6 is 11.8 Å². The lowest BCUT2D eigenvalue weighted by Crippen LogP contribution is -2.51. The average molecular weight is 253 g/mol. The van der Waals surface area contributed by atoms with Gasteiger partial charge in [-0.25, -0.2) is 0 Å². The molecule has 0 radical (unpaired) electrons. The lowest BCUT2D eigenvalue weighted by atomic mass is 10.1. The van der Waals surface area contributed by atoms with Crippen LogP contribution in [0, 0.1) is 5.92 Å². The van der Waals surface area contributed by atoms with Crippen LogP contribution in [-0.2, 0) is 9.59 Å². The molecule has 3 rings (SSSR count). The lowest BCUT2D eigenvalue weighted by molar-refractivity contribution is -0.134. The van der Waals surface area contributed by atoms with Crippen molar-refractivity contribution in [1.29, 1.82) is 0 Å². The summed E-state index contributed by atoms with van der Waals surface area (Å²) in [6.45, 7) is 0.866. The number of amidine groups is 1. The van der Waals surface area contributed by atoms with Gasteiger partial charge in [-0.2, -0.15) is 0 Å². The summed E-state index contributed by atoms with van der Waals surface area (Å²) in [4.78, 5) is 27.0. The molecule has 5 nitrogen and oxygen atoms in total. The highest BCUT2D eigenvalue weighted by molar-refractivity contribution is 8.14. The predicted molar refractivity (Wildman–Crippen MR) is 65.7 cm³/mol. The first-order valence-corrected chi connectivity index (χ1v) is 6.91. The van der Waals surface area contributed by atoms with Crippen LogP contribution in [0.3, 0.4) is 0 Å². The number of piperidine rings is 1. The number of amides is 2.